The molecule has 0 radical (unpaired) electrons. The summed E-state index contributed by atoms with van der Waals surface area (Å²) in [6.45, 7) is 28.3. The van der Waals surface area contributed by atoms with Gasteiger partial charge >= 0.3 is 17.9 Å². The van der Waals surface area contributed by atoms with Crippen molar-refractivity contribution in [2.45, 2.75) is 499 Å². The van der Waals surface area contributed by atoms with Gasteiger partial charge in [0.15, 0.2) is 0 Å². The van der Waals surface area contributed by atoms with Gasteiger partial charge in [0.1, 0.15) is 52.4 Å². The predicted octanol–water partition coefficient (Wildman–Crippen LogP) is 25.5. The molecule has 3 aliphatic carbocycles. The summed E-state index contributed by atoms with van der Waals surface area (Å²) in [4.78, 5) is 35.8. The maximum Gasteiger partial charge on any atom is 0.306 e. The molecule has 0 aromatic rings. The normalized spacial score (nSPS) is 31.2. The average Bonchev–Trinajstić information content (AvgIpc) is 1.54. The number of carboxylic acids is 1. The van der Waals surface area contributed by atoms with Crippen LogP contribution in [0.4, 0.5) is 0 Å². The number of carbonyl (C=O) groups is 3. The molecule has 0 amide bonds. The van der Waals surface area contributed by atoms with Gasteiger partial charge in [-0.05, 0) is 216 Å². The zero-order valence-electron chi connectivity index (χ0n) is 77.9. The minimum Gasteiger partial charge on any atom is -0.481 e. The Morgan fingerprint density at radius 1 is 0.356 bits per heavy atom. The van der Waals surface area contributed by atoms with E-state index in [2.05, 4.69) is 138 Å². The smallest absolute Gasteiger partial charge is 0.306 e. The highest BCUT2D eigenvalue weighted by Gasteiger charge is 2.75. The number of methoxy groups -OCH3 is 3. The van der Waals surface area contributed by atoms with Crippen LogP contribution in [0.5, 0.6) is 0 Å². The first kappa shape index (κ1) is 103. The molecule has 3 saturated carbocycles. The molecule has 3 spiro atoms. The van der Waals surface area contributed by atoms with Crippen molar-refractivity contribution in [2.75, 3.05) is 41.2 Å². The molecule has 9 aliphatic rings. The van der Waals surface area contributed by atoms with Crippen LogP contribution in [0.3, 0.4) is 0 Å². The first-order valence-electron chi connectivity index (χ1n) is 48.6. The van der Waals surface area contributed by atoms with Gasteiger partial charge in [-0.15, -0.1) is 0 Å². The second-order valence-electron chi connectivity index (χ2n) is 38.2. The maximum absolute atomic E-state index is 12.7. The lowest BCUT2D eigenvalue weighted by Gasteiger charge is -2.42. The summed E-state index contributed by atoms with van der Waals surface area (Å²) in [5, 5.41) is 18.8. The monoisotopic (exact) mass is 1660 g/mol. The maximum atomic E-state index is 12.7. The van der Waals surface area contributed by atoms with Crippen molar-refractivity contribution in [1.82, 2.24) is 0 Å². The Morgan fingerprint density at radius 2 is 0.602 bits per heavy atom. The van der Waals surface area contributed by atoms with Gasteiger partial charge in [0, 0.05) is 40.6 Å². The number of allylic oxidation sites excluding steroid dienone is 9. The third-order valence-electron chi connectivity index (χ3n) is 27.2. The van der Waals surface area contributed by atoms with E-state index in [1.54, 1.807) is 21.3 Å². The molecule has 6 aliphatic heterocycles. The number of carbonyl (C=O) groups excluding carboxylic acids is 2. The number of epoxide rings is 6. The zero-order chi connectivity index (χ0) is 85.7. The minimum absolute atomic E-state index is 0.0805. The van der Waals surface area contributed by atoms with E-state index < -0.39 is 12.1 Å². The second kappa shape index (κ2) is 55.7. The van der Waals surface area contributed by atoms with E-state index >= 15 is 0 Å². The van der Waals surface area contributed by atoms with Crippen molar-refractivity contribution in [3.8, 4) is 0 Å². The summed E-state index contributed by atoms with van der Waals surface area (Å²) in [6, 6.07) is 0. The van der Waals surface area contributed by atoms with Crippen molar-refractivity contribution in [2.24, 2.45) is 17.8 Å². The number of ether oxygens (including phenoxy) is 11. The molecule has 16 heteroatoms. The van der Waals surface area contributed by atoms with Gasteiger partial charge in [-0.2, -0.15) is 0 Å². The molecule has 9 rings (SSSR count). The van der Waals surface area contributed by atoms with Crippen molar-refractivity contribution in [3.63, 3.8) is 0 Å². The van der Waals surface area contributed by atoms with Crippen molar-refractivity contribution < 1.29 is 76.7 Å². The SMILES string of the molecule is CCCCCCCC/C=C\CCCCCCCC(=O)O.CCCCCCCC/C=C\CCCCCCCC(=O)O[C@@H]1CC[C@]2(CO2)[C@@H]([C@@]2(C)O[C@@H]2CC=C(C)C)[C@@H]1OC.CCCCCCCC/C=C\CCCCCCCC(=O)O[C@@H]1CC[C@]2(CO2)[C@@H]([C@@]2(C)O[C@@H]2CC=C(C)C)[C@@H]1OC.CO[C@@H]1[C@H](O)CC[C@]2(CO2)[C@H]1[C@@]1(C)O[C@@H]1CC=C(C)C. The van der Waals surface area contributed by atoms with Gasteiger partial charge in [-0.3, -0.25) is 14.4 Å². The number of esters is 2. The average molecular weight is 1660 g/mol. The Hall–Kier alpha value is -3.55. The number of carboxylic acid groups (broad SMARTS) is 1. The van der Waals surface area contributed by atoms with Crippen LogP contribution in [0, 0.1) is 17.8 Å². The Bertz CT molecular complexity index is 2810. The lowest BCUT2D eigenvalue weighted by Crippen LogP contribution is -2.55. The highest BCUT2D eigenvalue weighted by molar-refractivity contribution is 5.70. The molecule has 9 fully saturated rings. The van der Waals surface area contributed by atoms with E-state index in [1.165, 1.54) is 229 Å². The summed E-state index contributed by atoms with van der Waals surface area (Å²) in [5.41, 5.74) is 2.63. The number of hydrogen-bond acceptors (Lipinski definition) is 15. The van der Waals surface area contributed by atoms with Crippen LogP contribution in [0.1, 0.15) is 411 Å². The quantitative estimate of drug-likeness (QED) is 0.0251. The highest BCUT2D eigenvalue weighted by Crippen LogP contribution is 2.62. The number of hydrogen-bond donors (Lipinski definition) is 2. The van der Waals surface area contributed by atoms with E-state index in [4.69, 9.17) is 57.2 Å². The van der Waals surface area contributed by atoms with Crippen LogP contribution in [-0.2, 0) is 66.5 Å². The molecular weight excluding hydrogens is 1480 g/mol. The van der Waals surface area contributed by atoms with Crippen LogP contribution in [0.15, 0.2) is 71.4 Å². The molecule has 0 aromatic carbocycles. The molecule has 118 heavy (non-hydrogen) atoms. The molecule has 0 aromatic heterocycles. The molecular formula is C102H176O16. The molecule has 6 heterocycles. The number of aliphatic hydroxyl groups is 1. The number of rotatable bonds is 59. The summed E-state index contributed by atoms with van der Waals surface area (Å²) in [5.74, 6) is -0.557. The van der Waals surface area contributed by atoms with Gasteiger partial charge in [-0.1, -0.05) is 246 Å². The molecule has 16 nitrogen and oxygen atoms in total. The Labute approximate surface area is 720 Å². The van der Waals surface area contributed by atoms with E-state index in [-0.39, 0.29) is 112 Å². The van der Waals surface area contributed by atoms with E-state index in [1.807, 2.05) is 0 Å². The summed E-state index contributed by atoms with van der Waals surface area (Å²) >= 11 is 0. The van der Waals surface area contributed by atoms with Crippen molar-refractivity contribution in [3.05, 3.63) is 71.4 Å². The fourth-order valence-corrected chi connectivity index (χ4v) is 19.6. The molecule has 0 unspecified atom stereocenters. The van der Waals surface area contributed by atoms with Crippen LogP contribution in [0.2, 0.25) is 0 Å². The van der Waals surface area contributed by atoms with E-state index in [0.29, 0.717) is 19.3 Å². The van der Waals surface area contributed by atoms with Crippen LogP contribution >= 0.6 is 0 Å². The van der Waals surface area contributed by atoms with E-state index in [9.17, 15) is 19.5 Å². The first-order chi connectivity index (χ1) is 56.9. The lowest BCUT2D eigenvalue weighted by molar-refractivity contribution is -0.172. The third-order valence-corrected chi connectivity index (χ3v) is 27.2. The predicted molar refractivity (Wildman–Crippen MR) is 480 cm³/mol. The Balaban J connectivity index is 0.000000256. The first-order valence-corrected chi connectivity index (χ1v) is 48.6. The van der Waals surface area contributed by atoms with Crippen LogP contribution in [0.25, 0.3) is 0 Å². The number of unbranched alkanes of at least 4 members (excludes halogenated alkanes) is 33. The Kier molecular flexibility index (Phi) is 48.8. The second-order valence-corrected chi connectivity index (χ2v) is 38.2. The minimum atomic E-state index is -0.664. The molecule has 2 N–H and O–H groups in total. The fourth-order valence-electron chi connectivity index (χ4n) is 19.6. The molecule has 6 saturated heterocycles. The highest BCUT2D eigenvalue weighted by atomic mass is 16.7. The fraction of sp³-hybridized carbons (Fsp3) is 0.853. The zero-order valence-corrected chi connectivity index (χ0v) is 77.9. The van der Waals surface area contributed by atoms with E-state index in [0.717, 1.165) is 116 Å². The van der Waals surface area contributed by atoms with Gasteiger partial charge in [0.2, 0.25) is 0 Å². The van der Waals surface area contributed by atoms with Crippen LogP contribution < -0.4 is 0 Å². The number of aliphatic hydroxyl groups excluding tert-OH is 1. The van der Waals surface area contributed by atoms with Crippen molar-refractivity contribution >= 4 is 17.9 Å². The topological polar surface area (TPSA) is 213 Å². The third kappa shape index (κ3) is 36.2. The Morgan fingerprint density at radius 3 is 0.856 bits per heavy atom. The molecule has 680 valence electrons. The largest absolute Gasteiger partial charge is 0.481 e. The van der Waals surface area contributed by atoms with Gasteiger partial charge in [-0.25, -0.2) is 0 Å². The summed E-state index contributed by atoms with van der Waals surface area (Å²) < 4.78 is 66.1. The van der Waals surface area contributed by atoms with Gasteiger partial charge in [0.25, 0.3) is 0 Å². The number of aliphatic carboxylic acids is 1. The summed E-state index contributed by atoms with van der Waals surface area (Å²) in [7, 11) is 5.15. The van der Waals surface area contributed by atoms with Crippen LogP contribution in [-0.4, -0.2) is 158 Å². The lowest BCUT2D eigenvalue weighted by atomic mass is 9.68. The standard InChI is InChI=1S/2C34H58O5.C18H34O2.C16H26O4/c2*1-6-7-8-9-10-11-12-13-14-15-16-17-18-19-20-21-30(35)38-28-24-25-34(26-37-34)32(31(28)36-5)33(4)29(39-33)23-22-27(2)3;1-2-3-4-5-6-7-8-9-10-11-12-13-14-15-16-17-18(19)20;1-10(2)5-6-12-15(3,20-12)14-13(18-4)11(17)7-8-16(14)9-19-16/h2*13-14,22,28-29,31-32H,6-12,15-21,23-26H2,1-5H3;9-10H,2-8,11-17H2,1H3,(H,19,20);5,11-14,17H,6-9H2,1-4H3/b2*14-13-;10-9-;/t2*28-,29-,31-,32-,33+,34+;;11-,12-,13-,14-,15+,16+/m11.1/s1. The molecule has 18 atom stereocenters. The molecule has 0 bridgehead atoms. The van der Waals surface area contributed by atoms with Gasteiger partial charge in [0.05, 0.1) is 73.7 Å². The van der Waals surface area contributed by atoms with Gasteiger partial charge < -0.3 is 62.3 Å². The summed E-state index contributed by atoms with van der Waals surface area (Å²) in [6.07, 6.45) is 77.9. The van der Waals surface area contributed by atoms with Crippen molar-refractivity contribution in [1.29, 1.82) is 0 Å².